The van der Waals surface area contributed by atoms with Crippen LogP contribution in [-0.2, 0) is 11.3 Å². The number of ether oxygens (including phenoxy) is 2. The average molecular weight is 398 g/mol. The van der Waals surface area contributed by atoms with Crippen molar-refractivity contribution in [1.29, 1.82) is 0 Å². The minimum Gasteiger partial charge on any atom is -0.493 e. The largest absolute Gasteiger partial charge is 0.493 e. The Morgan fingerprint density at radius 2 is 1.86 bits per heavy atom. The monoisotopic (exact) mass is 397 g/mol. The molecule has 0 spiro atoms. The molecule has 3 rings (SSSR count). The number of hydrogen-bond donors (Lipinski definition) is 0. The van der Waals surface area contributed by atoms with Crippen molar-refractivity contribution in [1.82, 2.24) is 4.90 Å². The van der Waals surface area contributed by atoms with Gasteiger partial charge in [-0.15, -0.1) is 5.10 Å². The second kappa shape index (κ2) is 9.41. The Balaban J connectivity index is 1.80. The van der Waals surface area contributed by atoms with E-state index in [1.165, 1.54) is 11.8 Å². The first-order valence-corrected chi connectivity index (χ1v) is 9.89. The molecule has 7 heteroatoms. The van der Waals surface area contributed by atoms with Gasteiger partial charge in [0.05, 0.1) is 32.2 Å². The van der Waals surface area contributed by atoms with Crippen LogP contribution >= 0.6 is 11.8 Å². The molecule has 1 saturated heterocycles. The summed E-state index contributed by atoms with van der Waals surface area (Å²) in [6, 6.07) is 15.4. The van der Waals surface area contributed by atoms with Crippen molar-refractivity contribution in [3.63, 3.8) is 0 Å². The first-order valence-electron chi connectivity index (χ1n) is 9.01. The van der Waals surface area contributed by atoms with E-state index in [4.69, 9.17) is 9.47 Å². The van der Waals surface area contributed by atoms with Gasteiger partial charge in [-0.2, -0.15) is 5.10 Å². The quantitative estimate of drug-likeness (QED) is 0.524. The van der Waals surface area contributed by atoms with Crippen LogP contribution in [0, 0.1) is 0 Å². The number of nitrogens with zero attached hydrogens (tertiary/aromatic N) is 3. The van der Waals surface area contributed by atoms with Crippen molar-refractivity contribution in [3.8, 4) is 11.5 Å². The van der Waals surface area contributed by atoms with E-state index >= 15 is 0 Å². The molecule has 146 valence electrons. The maximum absolute atomic E-state index is 12.7. The zero-order chi connectivity index (χ0) is 19.9. The number of amidine groups is 1. The Kier molecular flexibility index (Phi) is 6.71. The van der Waals surface area contributed by atoms with Crippen molar-refractivity contribution in [2.24, 2.45) is 10.2 Å². The highest BCUT2D eigenvalue weighted by atomic mass is 32.2. The lowest BCUT2D eigenvalue weighted by Gasteiger charge is -2.15. The van der Waals surface area contributed by atoms with Gasteiger partial charge in [0.15, 0.2) is 16.7 Å². The van der Waals surface area contributed by atoms with Gasteiger partial charge in [0.1, 0.15) is 0 Å². The highest BCUT2D eigenvalue weighted by Crippen LogP contribution is 2.31. The van der Waals surface area contributed by atoms with Crippen LogP contribution in [0.1, 0.15) is 24.5 Å². The Bertz CT molecular complexity index is 884. The summed E-state index contributed by atoms with van der Waals surface area (Å²) in [5.41, 5.74) is 1.89. The second-order valence-corrected chi connectivity index (χ2v) is 7.34. The zero-order valence-corrected chi connectivity index (χ0v) is 17.0. The molecule has 1 aliphatic heterocycles. The molecule has 0 radical (unpaired) electrons. The normalized spacial score (nSPS) is 18.2. The summed E-state index contributed by atoms with van der Waals surface area (Å²) in [6.45, 7) is 2.50. The maximum Gasteiger partial charge on any atom is 0.242 e. The number of hydrogen-bond acceptors (Lipinski definition) is 6. The van der Waals surface area contributed by atoms with Crippen LogP contribution in [0.4, 0.5) is 0 Å². The summed E-state index contributed by atoms with van der Waals surface area (Å²) in [6.07, 6.45) is 2.40. The highest BCUT2D eigenvalue weighted by Gasteiger charge is 2.36. The molecule has 1 aliphatic rings. The number of rotatable bonds is 7. The smallest absolute Gasteiger partial charge is 0.242 e. The molecule has 0 saturated carbocycles. The van der Waals surface area contributed by atoms with Gasteiger partial charge in [-0.25, -0.2) is 0 Å². The molecule has 1 atom stereocenters. The van der Waals surface area contributed by atoms with E-state index in [0.29, 0.717) is 23.2 Å². The molecular weight excluding hydrogens is 374 g/mol. The fraction of sp³-hybridized carbons (Fsp3) is 0.286. The molecule has 28 heavy (non-hydrogen) atoms. The molecule has 1 heterocycles. The van der Waals surface area contributed by atoms with Gasteiger partial charge < -0.3 is 9.47 Å². The summed E-state index contributed by atoms with van der Waals surface area (Å²) < 4.78 is 10.5. The van der Waals surface area contributed by atoms with Crippen LogP contribution in [0.2, 0.25) is 0 Å². The third-order valence-electron chi connectivity index (χ3n) is 4.33. The average Bonchev–Trinajstić information content (AvgIpc) is 3.03. The fourth-order valence-electron chi connectivity index (χ4n) is 2.83. The Hall–Kier alpha value is -2.80. The molecule has 2 aromatic rings. The zero-order valence-electron chi connectivity index (χ0n) is 16.2. The first-order chi connectivity index (χ1) is 13.7. The Labute approximate surface area is 169 Å². The number of carbonyl (C=O) groups excluding carboxylic acids is 1. The van der Waals surface area contributed by atoms with Crippen LogP contribution in [-0.4, -0.2) is 41.7 Å². The van der Waals surface area contributed by atoms with E-state index in [9.17, 15) is 4.79 Å². The van der Waals surface area contributed by atoms with Gasteiger partial charge in [-0.05, 0) is 35.7 Å². The topological polar surface area (TPSA) is 63.5 Å². The van der Waals surface area contributed by atoms with E-state index < -0.39 is 0 Å². The van der Waals surface area contributed by atoms with Crippen molar-refractivity contribution in [2.75, 3.05) is 14.2 Å². The fourth-order valence-corrected chi connectivity index (χ4v) is 3.86. The van der Waals surface area contributed by atoms with Crippen LogP contribution < -0.4 is 9.47 Å². The number of amides is 1. The predicted octanol–water partition coefficient (Wildman–Crippen LogP) is 3.95. The molecule has 0 unspecified atom stereocenters. The van der Waals surface area contributed by atoms with Gasteiger partial charge in [-0.1, -0.05) is 49.0 Å². The summed E-state index contributed by atoms with van der Waals surface area (Å²) in [5, 5.41) is 9.04. The van der Waals surface area contributed by atoms with Gasteiger partial charge in [0, 0.05) is 0 Å². The van der Waals surface area contributed by atoms with Crippen LogP contribution in [0.3, 0.4) is 0 Å². The van der Waals surface area contributed by atoms with Crippen molar-refractivity contribution in [2.45, 2.75) is 25.1 Å². The van der Waals surface area contributed by atoms with E-state index in [0.717, 1.165) is 17.5 Å². The Morgan fingerprint density at radius 1 is 1.11 bits per heavy atom. The minimum absolute atomic E-state index is 0.0800. The molecule has 0 aromatic heterocycles. The number of benzene rings is 2. The lowest BCUT2D eigenvalue weighted by atomic mass is 10.2. The summed E-state index contributed by atoms with van der Waals surface area (Å²) in [4.78, 5) is 14.4. The van der Waals surface area contributed by atoms with Crippen molar-refractivity contribution >= 4 is 29.1 Å². The van der Waals surface area contributed by atoms with Crippen LogP contribution in [0.15, 0.2) is 58.7 Å². The second-order valence-electron chi connectivity index (χ2n) is 6.17. The SMILES string of the molecule is CC[C@@H]1S/C(=N/N=C\c2ccc(OC)c(OC)c2)N(Cc2ccccc2)C1=O. The molecule has 6 nitrogen and oxygen atoms in total. The first kappa shape index (κ1) is 19.9. The van der Waals surface area contributed by atoms with E-state index in [1.807, 2.05) is 55.5 Å². The number of carbonyl (C=O) groups is 1. The molecular formula is C21H23N3O3S. The third-order valence-corrected chi connectivity index (χ3v) is 5.66. The van der Waals surface area contributed by atoms with E-state index in [2.05, 4.69) is 10.2 Å². The van der Waals surface area contributed by atoms with Gasteiger partial charge in [0.2, 0.25) is 5.91 Å². The predicted molar refractivity (Wildman–Crippen MR) is 113 cm³/mol. The highest BCUT2D eigenvalue weighted by molar-refractivity contribution is 8.15. The van der Waals surface area contributed by atoms with Crippen molar-refractivity contribution < 1.29 is 14.3 Å². The van der Waals surface area contributed by atoms with Gasteiger partial charge in [-0.3, -0.25) is 9.69 Å². The summed E-state index contributed by atoms with van der Waals surface area (Å²) >= 11 is 1.46. The van der Waals surface area contributed by atoms with Gasteiger partial charge >= 0.3 is 0 Å². The molecule has 0 N–H and O–H groups in total. The lowest BCUT2D eigenvalue weighted by Crippen LogP contribution is -2.31. The minimum atomic E-state index is -0.112. The number of thioether (sulfide) groups is 1. The van der Waals surface area contributed by atoms with Crippen LogP contribution in [0.25, 0.3) is 0 Å². The number of methoxy groups -OCH3 is 2. The maximum atomic E-state index is 12.7. The van der Waals surface area contributed by atoms with Crippen molar-refractivity contribution in [3.05, 3.63) is 59.7 Å². The molecule has 1 fully saturated rings. The van der Waals surface area contributed by atoms with E-state index in [-0.39, 0.29) is 11.2 Å². The summed E-state index contributed by atoms with van der Waals surface area (Å²) in [7, 11) is 3.18. The third kappa shape index (κ3) is 4.54. The summed E-state index contributed by atoms with van der Waals surface area (Å²) in [5.74, 6) is 1.36. The molecule has 0 bridgehead atoms. The molecule has 1 amide bonds. The van der Waals surface area contributed by atoms with Gasteiger partial charge in [0.25, 0.3) is 0 Å². The Morgan fingerprint density at radius 3 is 2.54 bits per heavy atom. The lowest BCUT2D eigenvalue weighted by molar-refractivity contribution is -0.126. The standard InChI is InChI=1S/C21H23N3O3S/c1-4-19-20(25)24(14-15-8-6-5-7-9-15)21(28-19)23-22-13-16-10-11-17(26-2)18(12-16)27-3/h5-13,19H,4,14H2,1-3H3/b22-13-,23-21+/t19-/m0/s1. The van der Waals surface area contributed by atoms with E-state index in [1.54, 1.807) is 25.3 Å². The molecule has 0 aliphatic carbocycles. The molecule has 2 aromatic carbocycles. The van der Waals surface area contributed by atoms with Crippen LogP contribution in [0.5, 0.6) is 11.5 Å².